The average molecular weight is 269 g/mol. The molecule has 6 heteroatoms. The molecule has 0 aliphatic heterocycles. The Morgan fingerprint density at radius 2 is 1.44 bits per heavy atom. The highest BCUT2D eigenvalue weighted by Crippen LogP contribution is 2.49. The molecule has 0 unspecified atom stereocenters. The molecular formula is C10H24NO3PS. The Kier molecular flexibility index (Phi) is 9.80. The van der Waals surface area contributed by atoms with Gasteiger partial charge in [-0.2, -0.15) is 0 Å². The minimum Gasteiger partial charge on any atom is -0.309 e. The molecule has 4 nitrogen and oxygen atoms in total. The zero-order chi connectivity index (χ0) is 12.4. The maximum absolute atomic E-state index is 5.58. The van der Waals surface area contributed by atoms with Crippen LogP contribution in [0.4, 0.5) is 0 Å². The van der Waals surface area contributed by atoms with Gasteiger partial charge in [0.1, 0.15) is 0 Å². The van der Waals surface area contributed by atoms with Gasteiger partial charge < -0.3 is 18.5 Å². The Morgan fingerprint density at radius 1 is 0.938 bits per heavy atom. The van der Waals surface area contributed by atoms with Gasteiger partial charge in [0.2, 0.25) is 0 Å². The molecule has 0 radical (unpaired) electrons. The molecule has 0 aromatic heterocycles. The Morgan fingerprint density at radius 3 is 1.81 bits per heavy atom. The van der Waals surface area contributed by atoms with Gasteiger partial charge in [-0.05, 0) is 38.7 Å². The molecule has 0 rings (SSSR count). The summed E-state index contributed by atoms with van der Waals surface area (Å²) in [6.45, 7) is 10.1. The minimum atomic E-state index is -2.49. The van der Waals surface area contributed by atoms with Gasteiger partial charge in [-0.15, -0.1) is 0 Å². The lowest BCUT2D eigenvalue weighted by atomic mass is 10.5. The van der Waals surface area contributed by atoms with Gasteiger partial charge in [0, 0.05) is 6.54 Å². The van der Waals surface area contributed by atoms with E-state index in [9.17, 15) is 0 Å². The van der Waals surface area contributed by atoms with E-state index in [1.165, 1.54) is 0 Å². The van der Waals surface area contributed by atoms with E-state index in [4.69, 9.17) is 25.4 Å². The SMILES string of the molecule is CCOP(=S)(OCC)OCCN(CC)CC. The predicted molar refractivity (Wildman–Crippen MR) is 71.3 cm³/mol. The lowest BCUT2D eigenvalue weighted by Gasteiger charge is -2.23. The first-order chi connectivity index (χ1) is 7.61. The summed E-state index contributed by atoms with van der Waals surface area (Å²) in [4.78, 5) is 2.28. The molecule has 98 valence electrons. The minimum absolute atomic E-state index is 0.530. The highest BCUT2D eigenvalue weighted by Gasteiger charge is 2.19. The molecule has 0 aliphatic rings. The van der Waals surface area contributed by atoms with Gasteiger partial charge >= 0.3 is 6.72 Å². The van der Waals surface area contributed by atoms with E-state index >= 15 is 0 Å². The number of hydrogen-bond acceptors (Lipinski definition) is 5. The summed E-state index contributed by atoms with van der Waals surface area (Å²) in [5.41, 5.74) is 0. The van der Waals surface area contributed by atoms with Crippen LogP contribution < -0.4 is 0 Å². The van der Waals surface area contributed by atoms with Crippen molar-refractivity contribution in [2.24, 2.45) is 0 Å². The van der Waals surface area contributed by atoms with Crippen molar-refractivity contribution in [3.63, 3.8) is 0 Å². The van der Waals surface area contributed by atoms with Crippen molar-refractivity contribution in [3.8, 4) is 0 Å². The largest absolute Gasteiger partial charge is 0.327 e. The first kappa shape index (κ1) is 16.5. The zero-order valence-electron chi connectivity index (χ0n) is 10.8. The second-order valence-electron chi connectivity index (χ2n) is 3.14. The van der Waals surface area contributed by atoms with Gasteiger partial charge in [0.25, 0.3) is 0 Å². The summed E-state index contributed by atoms with van der Waals surface area (Å²) >= 11 is 5.25. The number of nitrogens with zero attached hydrogens (tertiary/aromatic N) is 1. The maximum atomic E-state index is 5.58. The van der Waals surface area contributed by atoms with Crippen LogP contribution in [0.15, 0.2) is 0 Å². The Hall–Kier alpha value is 0.490. The standard InChI is InChI=1S/C10H24NO3PS/c1-5-11(6-2)9-10-14-15(16,12-7-3)13-8-4/h5-10H2,1-4H3. The fourth-order valence-electron chi connectivity index (χ4n) is 1.25. The summed E-state index contributed by atoms with van der Waals surface area (Å²) in [6, 6.07) is 0. The molecule has 0 heterocycles. The quantitative estimate of drug-likeness (QED) is 0.569. The fourth-order valence-corrected chi connectivity index (χ4v) is 3.27. The normalized spacial score (nSPS) is 12.3. The van der Waals surface area contributed by atoms with Crippen molar-refractivity contribution >= 4 is 18.5 Å². The van der Waals surface area contributed by atoms with Crippen molar-refractivity contribution in [2.45, 2.75) is 27.7 Å². The summed E-state index contributed by atoms with van der Waals surface area (Å²) in [6.07, 6.45) is 0. The lowest BCUT2D eigenvalue weighted by Crippen LogP contribution is -2.26. The van der Waals surface area contributed by atoms with E-state index in [0.717, 1.165) is 19.6 Å². The van der Waals surface area contributed by atoms with Crippen molar-refractivity contribution in [1.29, 1.82) is 0 Å². The van der Waals surface area contributed by atoms with Crippen LogP contribution in [0.3, 0.4) is 0 Å². The van der Waals surface area contributed by atoms with Gasteiger partial charge in [0.05, 0.1) is 19.8 Å². The molecule has 0 aromatic carbocycles. The second-order valence-corrected chi connectivity index (χ2v) is 6.15. The molecule has 0 bridgehead atoms. The number of hydrogen-bond donors (Lipinski definition) is 0. The molecule has 0 saturated carbocycles. The third-order valence-electron chi connectivity index (χ3n) is 2.13. The van der Waals surface area contributed by atoms with E-state index in [1.807, 2.05) is 13.8 Å². The number of rotatable bonds is 10. The van der Waals surface area contributed by atoms with E-state index in [2.05, 4.69) is 18.7 Å². The van der Waals surface area contributed by atoms with E-state index < -0.39 is 6.72 Å². The van der Waals surface area contributed by atoms with Crippen LogP contribution in [0.5, 0.6) is 0 Å². The van der Waals surface area contributed by atoms with Crippen LogP contribution >= 0.6 is 6.72 Å². The first-order valence-corrected chi connectivity index (χ1v) is 8.43. The molecule has 0 saturated heterocycles. The van der Waals surface area contributed by atoms with Crippen LogP contribution in [0.2, 0.25) is 0 Å². The van der Waals surface area contributed by atoms with Crippen molar-refractivity contribution in [2.75, 3.05) is 39.5 Å². The zero-order valence-corrected chi connectivity index (χ0v) is 12.5. The van der Waals surface area contributed by atoms with E-state index in [0.29, 0.717) is 19.8 Å². The topological polar surface area (TPSA) is 30.9 Å². The summed E-state index contributed by atoms with van der Waals surface area (Å²) in [5.74, 6) is 0. The lowest BCUT2D eigenvalue weighted by molar-refractivity contribution is 0.149. The van der Waals surface area contributed by atoms with Crippen LogP contribution in [0.1, 0.15) is 27.7 Å². The molecule has 16 heavy (non-hydrogen) atoms. The Bertz CT molecular complexity index is 202. The van der Waals surface area contributed by atoms with Crippen LogP contribution in [-0.4, -0.2) is 44.4 Å². The van der Waals surface area contributed by atoms with Gasteiger partial charge in [0.15, 0.2) is 0 Å². The molecule has 0 fully saturated rings. The average Bonchev–Trinajstić information content (AvgIpc) is 2.25. The van der Waals surface area contributed by atoms with Crippen molar-refractivity contribution in [3.05, 3.63) is 0 Å². The highest BCUT2D eigenvalue weighted by atomic mass is 32.5. The summed E-state index contributed by atoms with van der Waals surface area (Å²) in [5, 5.41) is 0. The summed E-state index contributed by atoms with van der Waals surface area (Å²) in [7, 11) is 0. The fraction of sp³-hybridized carbons (Fsp3) is 1.00. The maximum Gasteiger partial charge on any atom is 0.327 e. The third-order valence-corrected chi connectivity index (χ3v) is 4.72. The molecule has 0 N–H and O–H groups in total. The Labute approximate surface area is 105 Å². The highest BCUT2D eigenvalue weighted by molar-refractivity contribution is 8.07. The molecule has 0 atom stereocenters. The monoisotopic (exact) mass is 269 g/mol. The smallest absolute Gasteiger partial charge is 0.309 e. The molecular weight excluding hydrogens is 245 g/mol. The van der Waals surface area contributed by atoms with Crippen molar-refractivity contribution < 1.29 is 13.6 Å². The van der Waals surface area contributed by atoms with Gasteiger partial charge in [-0.3, -0.25) is 0 Å². The molecule has 0 amide bonds. The summed E-state index contributed by atoms with van der Waals surface area (Å²) < 4.78 is 16.3. The molecule has 0 spiro atoms. The van der Waals surface area contributed by atoms with Gasteiger partial charge in [-0.1, -0.05) is 13.8 Å². The van der Waals surface area contributed by atoms with E-state index in [1.54, 1.807) is 0 Å². The molecule has 0 aliphatic carbocycles. The third kappa shape index (κ3) is 6.94. The van der Waals surface area contributed by atoms with Crippen LogP contribution in [0.25, 0.3) is 0 Å². The van der Waals surface area contributed by atoms with Crippen LogP contribution in [-0.2, 0) is 25.4 Å². The Balaban J connectivity index is 3.97. The molecule has 0 aromatic rings. The van der Waals surface area contributed by atoms with E-state index in [-0.39, 0.29) is 0 Å². The van der Waals surface area contributed by atoms with Crippen LogP contribution in [0, 0.1) is 0 Å². The number of likely N-dealkylation sites (N-methyl/N-ethyl adjacent to an activating group) is 1. The predicted octanol–water partition coefficient (Wildman–Crippen LogP) is 2.64. The van der Waals surface area contributed by atoms with Gasteiger partial charge in [-0.25, -0.2) is 0 Å². The van der Waals surface area contributed by atoms with Crippen molar-refractivity contribution in [1.82, 2.24) is 4.90 Å². The first-order valence-electron chi connectivity index (χ1n) is 5.87. The second kappa shape index (κ2) is 9.51.